The lowest BCUT2D eigenvalue weighted by atomic mass is 9.45. The zero-order chi connectivity index (χ0) is 20.5. The van der Waals surface area contributed by atoms with E-state index < -0.39 is 5.79 Å². The third kappa shape index (κ3) is 2.54. The Hall–Kier alpha value is -0.890. The van der Waals surface area contributed by atoms with Gasteiger partial charge in [-0.05, 0) is 68.1 Å². The minimum absolute atomic E-state index is 0.0437. The van der Waals surface area contributed by atoms with Gasteiger partial charge < -0.3 is 14.6 Å². The number of hydrogen-bond donors (Lipinski definition) is 1. The van der Waals surface area contributed by atoms with Gasteiger partial charge in [-0.3, -0.25) is 0 Å². The Bertz CT molecular complexity index is 763. The van der Waals surface area contributed by atoms with Crippen LogP contribution in [-0.4, -0.2) is 30.7 Å². The van der Waals surface area contributed by atoms with Crippen molar-refractivity contribution < 1.29 is 14.6 Å². The number of ether oxygens (including phenoxy) is 2. The molecule has 2 saturated carbocycles. The van der Waals surface area contributed by atoms with Crippen LogP contribution in [0.1, 0.15) is 78.6 Å². The molecule has 6 atom stereocenters. The molecule has 0 aromatic rings. The van der Waals surface area contributed by atoms with E-state index in [1.165, 1.54) is 19.3 Å². The van der Waals surface area contributed by atoms with Crippen molar-refractivity contribution in [1.82, 2.24) is 0 Å². The van der Waals surface area contributed by atoms with Crippen molar-refractivity contribution in [3.05, 3.63) is 11.1 Å². The molecule has 1 aliphatic heterocycles. The smallest absolute Gasteiger partial charge is 0.170 e. The fourth-order valence-electron chi connectivity index (χ4n) is 8.52. The largest absolute Gasteiger partial charge is 0.396 e. The van der Waals surface area contributed by atoms with Crippen molar-refractivity contribution in [2.24, 2.45) is 34.0 Å². The lowest BCUT2D eigenvalue weighted by Crippen LogP contribution is -2.55. The van der Waals surface area contributed by atoms with Crippen molar-refractivity contribution in [2.45, 2.75) is 84.3 Å². The van der Waals surface area contributed by atoms with E-state index in [9.17, 15) is 10.4 Å². The van der Waals surface area contributed by atoms with E-state index in [1.807, 2.05) is 0 Å². The summed E-state index contributed by atoms with van der Waals surface area (Å²) in [5.74, 6) is 1.15. The van der Waals surface area contributed by atoms with Gasteiger partial charge in [-0.15, -0.1) is 0 Å². The predicted octanol–water partition coefficient (Wildman–Crippen LogP) is 4.97. The van der Waals surface area contributed by atoms with E-state index in [0.29, 0.717) is 43.0 Å². The quantitative estimate of drug-likeness (QED) is 0.666. The highest BCUT2D eigenvalue weighted by molar-refractivity contribution is 5.39. The molecule has 1 unspecified atom stereocenters. The zero-order valence-electron chi connectivity index (χ0n) is 18.4. The molecule has 1 spiro atoms. The first-order valence-corrected chi connectivity index (χ1v) is 11.9. The second kappa shape index (κ2) is 6.55. The maximum absolute atomic E-state index is 10.4. The minimum Gasteiger partial charge on any atom is -0.396 e. The van der Waals surface area contributed by atoms with E-state index in [2.05, 4.69) is 26.8 Å². The monoisotopic (exact) mass is 399 g/mol. The summed E-state index contributed by atoms with van der Waals surface area (Å²) in [6, 6.07) is 2.82. The van der Waals surface area contributed by atoms with Crippen molar-refractivity contribution in [1.29, 1.82) is 5.26 Å². The van der Waals surface area contributed by atoms with Crippen molar-refractivity contribution in [3.8, 4) is 6.07 Å². The topological polar surface area (TPSA) is 62.5 Å². The van der Waals surface area contributed by atoms with Gasteiger partial charge in [-0.2, -0.15) is 5.26 Å². The molecule has 1 N–H and O–H groups in total. The molecule has 1 heterocycles. The molecular weight excluding hydrogens is 362 g/mol. The molecule has 5 rings (SSSR count). The van der Waals surface area contributed by atoms with Gasteiger partial charge in [-0.25, -0.2) is 0 Å². The molecule has 0 amide bonds. The Labute approximate surface area is 175 Å². The van der Waals surface area contributed by atoms with Crippen LogP contribution in [0.4, 0.5) is 0 Å². The molecule has 3 fully saturated rings. The molecular formula is C25H37NO3. The molecule has 29 heavy (non-hydrogen) atoms. The molecule has 5 aliphatic rings. The second-order valence-corrected chi connectivity index (χ2v) is 11.2. The summed E-state index contributed by atoms with van der Waals surface area (Å²) in [6.45, 7) is 8.74. The number of rotatable bonds is 2. The normalized spacial score (nSPS) is 46.7. The Morgan fingerprint density at radius 3 is 2.55 bits per heavy atom. The summed E-state index contributed by atoms with van der Waals surface area (Å²) in [7, 11) is 0. The van der Waals surface area contributed by atoms with Crippen molar-refractivity contribution in [3.63, 3.8) is 0 Å². The fourth-order valence-corrected chi connectivity index (χ4v) is 8.52. The molecule has 1 saturated heterocycles. The van der Waals surface area contributed by atoms with E-state index in [4.69, 9.17) is 9.47 Å². The van der Waals surface area contributed by atoms with Crippen LogP contribution in [-0.2, 0) is 9.47 Å². The number of aliphatic hydroxyl groups excluding tert-OH is 1. The summed E-state index contributed by atoms with van der Waals surface area (Å²) in [6.07, 6.45) is 9.49. The number of allylic oxidation sites excluding steroid dienone is 2. The van der Waals surface area contributed by atoms with Gasteiger partial charge in [0.2, 0.25) is 0 Å². The first kappa shape index (κ1) is 20.0. The van der Waals surface area contributed by atoms with E-state index in [0.717, 1.165) is 38.5 Å². The minimum atomic E-state index is -0.508. The summed E-state index contributed by atoms with van der Waals surface area (Å²) in [4.78, 5) is 0. The number of hydrogen-bond acceptors (Lipinski definition) is 4. The Morgan fingerprint density at radius 1 is 1.10 bits per heavy atom. The molecule has 0 aromatic carbocycles. The highest BCUT2D eigenvalue weighted by Gasteiger charge is 2.64. The van der Waals surface area contributed by atoms with Crippen molar-refractivity contribution in [2.75, 3.05) is 19.8 Å². The third-order valence-corrected chi connectivity index (χ3v) is 10.3. The SMILES string of the molecule is C[C@H](CO)[C@H]1CCC2C3=C(CC[C@@]21C)[C@@]1(C)CCC2(C[C@]1(C#N)CC3)OCCO2. The molecule has 4 nitrogen and oxygen atoms in total. The molecule has 160 valence electrons. The lowest BCUT2D eigenvalue weighted by molar-refractivity contribution is -0.217. The number of nitriles is 1. The van der Waals surface area contributed by atoms with Gasteiger partial charge in [0.05, 0.1) is 24.7 Å². The second-order valence-electron chi connectivity index (χ2n) is 11.2. The summed E-state index contributed by atoms with van der Waals surface area (Å²) < 4.78 is 12.1. The van der Waals surface area contributed by atoms with Crippen LogP contribution < -0.4 is 0 Å². The van der Waals surface area contributed by atoms with Crippen LogP contribution in [0.5, 0.6) is 0 Å². The van der Waals surface area contributed by atoms with Gasteiger partial charge in [-0.1, -0.05) is 31.9 Å². The van der Waals surface area contributed by atoms with Gasteiger partial charge >= 0.3 is 0 Å². The van der Waals surface area contributed by atoms with Crippen LogP contribution >= 0.6 is 0 Å². The number of aliphatic hydroxyl groups is 1. The Morgan fingerprint density at radius 2 is 1.86 bits per heavy atom. The highest BCUT2D eigenvalue weighted by Crippen LogP contribution is 2.70. The van der Waals surface area contributed by atoms with Crippen LogP contribution in [0.25, 0.3) is 0 Å². The fraction of sp³-hybridized carbons (Fsp3) is 0.880. The van der Waals surface area contributed by atoms with Gasteiger partial charge in [0.25, 0.3) is 0 Å². The average molecular weight is 400 g/mol. The molecule has 0 aromatic heterocycles. The van der Waals surface area contributed by atoms with E-state index in [1.54, 1.807) is 11.1 Å². The van der Waals surface area contributed by atoms with Gasteiger partial charge in [0, 0.05) is 24.9 Å². The average Bonchev–Trinajstić information content (AvgIpc) is 3.32. The molecule has 4 aliphatic carbocycles. The highest BCUT2D eigenvalue weighted by atomic mass is 16.7. The van der Waals surface area contributed by atoms with Crippen molar-refractivity contribution >= 4 is 0 Å². The van der Waals surface area contributed by atoms with Crippen LogP contribution in [0.3, 0.4) is 0 Å². The summed E-state index contributed by atoms with van der Waals surface area (Å²) >= 11 is 0. The summed E-state index contributed by atoms with van der Waals surface area (Å²) in [5.41, 5.74) is 3.23. The Kier molecular flexibility index (Phi) is 4.53. The van der Waals surface area contributed by atoms with Gasteiger partial charge in [0.15, 0.2) is 5.79 Å². The molecule has 4 heteroatoms. The van der Waals surface area contributed by atoms with Gasteiger partial charge in [0.1, 0.15) is 0 Å². The first-order valence-electron chi connectivity index (χ1n) is 11.9. The maximum Gasteiger partial charge on any atom is 0.170 e. The van der Waals surface area contributed by atoms with Crippen LogP contribution in [0.2, 0.25) is 0 Å². The standard InChI is InChI=1S/C25H37NO3/c1-17(14-27)19-4-5-20-18-6-9-24(16-26)15-25(28-12-13-29-25)11-10-23(24,3)21(18)7-8-22(19,20)2/h17,19-20,27H,4-15H2,1-3H3/t17-,19-,20?,22-,23-,24+/m1/s1. The maximum atomic E-state index is 10.4. The van der Waals surface area contributed by atoms with E-state index >= 15 is 0 Å². The van der Waals surface area contributed by atoms with E-state index in [-0.39, 0.29) is 10.8 Å². The molecule has 0 bridgehead atoms. The number of nitrogens with zero attached hydrogens (tertiary/aromatic N) is 1. The van der Waals surface area contributed by atoms with Crippen LogP contribution in [0, 0.1) is 45.3 Å². The molecule has 0 radical (unpaired) electrons. The van der Waals surface area contributed by atoms with Crippen LogP contribution in [0.15, 0.2) is 11.1 Å². The predicted molar refractivity (Wildman–Crippen MR) is 111 cm³/mol. The lowest BCUT2D eigenvalue weighted by Gasteiger charge is -2.59. The summed E-state index contributed by atoms with van der Waals surface area (Å²) in [5, 5.41) is 20.3. The number of fused-ring (bicyclic) bond motifs is 4. The first-order chi connectivity index (χ1) is 13.8. The zero-order valence-corrected chi connectivity index (χ0v) is 18.4. The third-order valence-electron chi connectivity index (χ3n) is 10.3. The Balaban J connectivity index is 1.52.